The second-order valence-corrected chi connectivity index (χ2v) is 4.76. The van der Waals surface area contributed by atoms with E-state index in [2.05, 4.69) is 5.32 Å². The summed E-state index contributed by atoms with van der Waals surface area (Å²) in [6.45, 7) is -1.60. The molecular weight excluding hydrogens is 254 g/mol. The Hall–Kier alpha value is -1.08. The number of carbonyl (C=O) groups excluding carboxylic acids is 1. The van der Waals surface area contributed by atoms with Crippen molar-refractivity contribution >= 4 is 17.7 Å². The zero-order valence-corrected chi connectivity index (χ0v) is 10.9. The highest BCUT2D eigenvalue weighted by atomic mass is 32.2. The van der Waals surface area contributed by atoms with Gasteiger partial charge in [0.25, 0.3) is 5.91 Å². The van der Waals surface area contributed by atoms with Crippen molar-refractivity contribution in [2.45, 2.75) is 10.4 Å². The summed E-state index contributed by atoms with van der Waals surface area (Å²) in [5, 5.41) is 29.9. The van der Waals surface area contributed by atoms with Crippen LogP contribution >= 0.6 is 11.8 Å². The second-order valence-electron chi connectivity index (χ2n) is 3.91. The largest absolute Gasteiger partial charge is 0.394 e. The maximum absolute atomic E-state index is 12.1. The predicted molar refractivity (Wildman–Crippen MR) is 69.7 cm³/mol. The van der Waals surface area contributed by atoms with E-state index in [0.717, 1.165) is 4.90 Å². The van der Waals surface area contributed by atoms with Crippen LogP contribution in [0.5, 0.6) is 0 Å². The lowest BCUT2D eigenvalue weighted by Crippen LogP contribution is -2.57. The van der Waals surface area contributed by atoms with Crippen LogP contribution in [-0.4, -0.2) is 52.8 Å². The van der Waals surface area contributed by atoms with Gasteiger partial charge in [0, 0.05) is 4.90 Å². The van der Waals surface area contributed by atoms with Crippen molar-refractivity contribution in [3.05, 3.63) is 29.8 Å². The number of amides is 1. The maximum atomic E-state index is 12.1. The highest BCUT2D eigenvalue weighted by Crippen LogP contribution is 2.20. The third-order valence-corrected chi connectivity index (χ3v) is 3.43. The van der Waals surface area contributed by atoms with Crippen LogP contribution in [0.1, 0.15) is 10.4 Å². The minimum atomic E-state index is -1.40. The summed E-state index contributed by atoms with van der Waals surface area (Å²) < 4.78 is 0. The molecule has 0 bridgehead atoms. The quantitative estimate of drug-likeness (QED) is 0.541. The second kappa shape index (κ2) is 6.75. The van der Waals surface area contributed by atoms with E-state index in [0.29, 0.717) is 5.56 Å². The number of thioether (sulfide) groups is 1. The highest BCUT2D eigenvalue weighted by molar-refractivity contribution is 7.98. The van der Waals surface area contributed by atoms with E-state index >= 15 is 0 Å². The number of hydrogen-bond acceptors (Lipinski definition) is 5. The topological polar surface area (TPSA) is 89.8 Å². The fraction of sp³-hybridized carbons (Fsp3) is 0.417. The van der Waals surface area contributed by atoms with Crippen LogP contribution in [0.4, 0.5) is 0 Å². The lowest BCUT2D eigenvalue weighted by Gasteiger charge is -2.28. The van der Waals surface area contributed by atoms with Gasteiger partial charge >= 0.3 is 0 Å². The molecule has 0 unspecified atom stereocenters. The molecule has 18 heavy (non-hydrogen) atoms. The predicted octanol–water partition coefficient (Wildman–Crippen LogP) is -0.146. The summed E-state index contributed by atoms with van der Waals surface area (Å²) in [7, 11) is 0. The molecule has 0 atom stereocenters. The van der Waals surface area contributed by atoms with Crippen molar-refractivity contribution in [3.63, 3.8) is 0 Å². The van der Waals surface area contributed by atoms with Crippen LogP contribution in [0, 0.1) is 0 Å². The first-order chi connectivity index (χ1) is 8.62. The zero-order valence-electron chi connectivity index (χ0n) is 10.1. The Bertz CT molecular complexity index is 399. The molecule has 0 saturated heterocycles. The lowest BCUT2D eigenvalue weighted by molar-refractivity contribution is 0.0374. The molecule has 0 heterocycles. The normalized spacial score (nSPS) is 11.3. The molecule has 1 amide bonds. The molecule has 0 aliphatic rings. The number of rotatable bonds is 6. The highest BCUT2D eigenvalue weighted by Gasteiger charge is 2.30. The summed E-state index contributed by atoms with van der Waals surface area (Å²) in [5.41, 5.74) is -0.951. The first-order valence-corrected chi connectivity index (χ1v) is 6.63. The van der Waals surface area contributed by atoms with E-state index in [4.69, 9.17) is 15.3 Å². The van der Waals surface area contributed by atoms with Crippen LogP contribution in [-0.2, 0) is 0 Å². The molecule has 6 heteroatoms. The Morgan fingerprint density at radius 2 is 1.78 bits per heavy atom. The van der Waals surface area contributed by atoms with Crippen molar-refractivity contribution in [2.24, 2.45) is 0 Å². The number of aliphatic hydroxyl groups is 3. The Morgan fingerprint density at radius 1 is 1.22 bits per heavy atom. The summed E-state index contributed by atoms with van der Waals surface area (Å²) in [6, 6.07) is 7.00. The van der Waals surface area contributed by atoms with Gasteiger partial charge in [0.2, 0.25) is 0 Å². The third-order valence-electron chi connectivity index (χ3n) is 2.64. The Labute approximate surface area is 110 Å². The molecule has 0 aromatic heterocycles. The molecule has 0 saturated carbocycles. The third kappa shape index (κ3) is 3.23. The van der Waals surface area contributed by atoms with Gasteiger partial charge in [-0.1, -0.05) is 12.1 Å². The summed E-state index contributed by atoms with van der Waals surface area (Å²) in [4.78, 5) is 12.8. The summed E-state index contributed by atoms with van der Waals surface area (Å²) in [6.07, 6.45) is 1.85. The first kappa shape index (κ1) is 15.0. The van der Waals surface area contributed by atoms with Gasteiger partial charge in [0.05, 0.1) is 25.4 Å². The average molecular weight is 271 g/mol. The van der Waals surface area contributed by atoms with Crippen molar-refractivity contribution in [2.75, 3.05) is 26.1 Å². The van der Waals surface area contributed by atoms with Crippen molar-refractivity contribution in [3.8, 4) is 0 Å². The molecule has 100 valence electrons. The maximum Gasteiger partial charge on any atom is 0.253 e. The van der Waals surface area contributed by atoms with Crippen molar-refractivity contribution in [1.82, 2.24) is 5.32 Å². The van der Waals surface area contributed by atoms with Gasteiger partial charge in [0.1, 0.15) is 5.54 Å². The van der Waals surface area contributed by atoms with Crippen LogP contribution < -0.4 is 5.32 Å². The molecule has 0 aliphatic carbocycles. The molecule has 5 nitrogen and oxygen atoms in total. The van der Waals surface area contributed by atoms with E-state index in [1.165, 1.54) is 11.8 Å². The molecule has 1 aromatic rings. The van der Waals surface area contributed by atoms with E-state index < -0.39 is 31.3 Å². The van der Waals surface area contributed by atoms with Gasteiger partial charge in [0.15, 0.2) is 0 Å². The SMILES string of the molecule is CSc1ccccc1C(=O)NC(CO)(CO)CO. The molecule has 1 aromatic carbocycles. The summed E-state index contributed by atoms with van der Waals surface area (Å²) in [5.74, 6) is -0.433. The molecular formula is C12H17NO4S. The van der Waals surface area contributed by atoms with Crippen molar-refractivity contribution in [1.29, 1.82) is 0 Å². The van der Waals surface area contributed by atoms with Gasteiger partial charge < -0.3 is 20.6 Å². The Kier molecular flexibility index (Phi) is 5.61. The molecule has 4 N–H and O–H groups in total. The van der Waals surface area contributed by atoms with E-state index in [-0.39, 0.29) is 0 Å². The van der Waals surface area contributed by atoms with Gasteiger partial charge in [-0.2, -0.15) is 0 Å². The molecule has 0 aliphatic heterocycles. The van der Waals surface area contributed by atoms with Crippen LogP contribution in [0.3, 0.4) is 0 Å². The molecule has 0 spiro atoms. The van der Waals surface area contributed by atoms with Crippen molar-refractivity contribution < 1.29 is 20.1 Å². The van der Waals surface area contributed by atoms with Gasteiger partial charge in [-0.25, -0.2) is 0 Å². The first-order valence-electron chi connectivity index (χ1n) is 5.40. The van der Waals surface area contributed by atoms with Gasteiger partial charge in [-0.15, -0.1) is 11.8 Å². The van der Waals surface area contributed by atoms with E-state index in [1.54, 1.807) is 18.2 Å². The Morgan fingerprint density at radius 3 is 2.28 bits per heavy atom. The van der Waals surface area contributed by atoms with Crippen LogP contribution in [0.2, 0.25) is 0 Å². The van der Waals surface area contributed by atoms with E-state index in [9.17, 15) is 4.79 Å². The lowest BCUT2D eigenvalue weighted by atomic mass is 10.0. The molecule has 0 radical (unpaired) electrons. The minimum Gasteiger partial charge on any atom is -0.394 e. The number of carbonyl (C=O) groups is 1. The average Bonchev–Trinajstić information content (AvgIpc) is 2.44. The van der Waals surface area contributed by atoms with Crippen LogP contribution in [0.15, 0.2) is 29.2 Å². The molecule has 1 rings (SSSR count). The van der Waals surface area contributed by atoms with E-state index in [1.807, 2.05) is 12.3 Å². The molecule has 0 fully saturated rings. The smallest absolute Gasteiger partial charge is 0.253 e. The number of aliphatic hydroxyl groups excluding tert-OH is 3. The summed E-state index contributed by atoms with van der Waals surface area (Å²) >= 11 is 1.42. The number of nitrogens with one attached hydrogen (secondary N) is 1. The monoisotopic (exact) mass is 271 g/mol. The zero-order chi connectivity index (χ0) is 13.6. The Balaban J connectivity index is 2.94. The van der Waals surface area contributed by atoms with Crippen LogP contribution in [0.25, 0.3) is 0 Å². The van der Waals surface area contributed by atoms with Gasteiger partial charge in [-0.05, 0) is 18.4 Å². The number of hydrogen-bond donors (Lipinski definition) is 4. The minimum absolute atomic E-state index is 0.433. The number of benzene rings is 1. The standard InChI is InChI=1S/C12H17NO4S/c1-18-10-5-3-2-4-9(10)11(17)13-12(6-14,7-15)8-16/h2-5,14-16H,6-8H2,1H3,(H,13,17). The fourth-order valence-corrected chi connectivity index (χ4v) is 2.00. The van der Waals surface area contributed by atoms with Gasteiger partial charge in [-0.3, -0.25) is 4.79 Å². The fourth-order valence-electron chi connectivity index (χ4n) is 1.41.